The molecule has 0 atom stereocenters. The fourth-order valence-electron chi connectivity index (χ4n) is 3.72. The van der Waals surface area contributed by atoms with Crippen molar-refractivity contribution in [2.75, 3.05) is 38.1 Å². The zero-order valence-electron chi connectivity index (χ0n) is 17.3. The van der Waals surface area contributed by atoms with Gasteiger partial charge in [0.15, 0.2) is 0 Å². The Labute approximate surface area is 180 Å². The number of para-hydroxylation sites is 1. The number of nitrogens with zero attached hydrogens (tertiary/aromatic N) is 5. The molecule has 3 aromatic rings. The lowest BCUT2D eigenvalue weighted by atomic mass is 10.1. The minimum Gasteiger partial charge on any atom is -0.369 e. The molecule has 9 heteroatoms. The monoisotopic (exact) mass is 420 g/mol. The van der Waals surface area contributed by atoms with Crippen LogP contribution in [0.15, 0.2) is 61.2 Å². The van der Waals surface area contributed by atoms with E-state index in [0.717, 1.165) is 37.4 Å². The van der Waals surface area contributed by atoms with Gasteiger partial charge in [-0.3, -0.25) is 14.9 Å². The highest BCUT2D eigenvalue weighted by molar-refractivity contribution is 5.95. The average Bonchev–Trinajstić information content (AvgIpc) is 3.32. The van der Waals surface area contributed by atoms with Gasteiger partial charge >= 0.3 is 0 Å². The number of piperazine rings is 1. The zero-order valence-corrected chi connectivity index (χ0v) is 17.3. The Morgan fingerprint density at radius 2 is 1.90 bits per heavy atom. The number of rotatable bonds is 6. The van der Waals surface area contributed by atoms with Crippen LogP contribution in [0.2, 0.25) is 0 Å². The number of hydrogen-bond donors (Lipinski definition) is 1. The Kier molecular flexibility index (Phi) is 5.94. The summed E-state index contributed by atoms with van der Waals surface area (Å²) in [5, 5.41) is 14.5. The lowest BCUT2D eigenvalue weighted by Gasteiger charge is -2.35. The van der Waals surface area contributed by atoms with Crippen molar-refractivity contribution in [3.05, 3.63) is 82.4 Å². The average molecular weight is 420 g/mol. The van der Waals surface area contributed by atoms with Crippen molar-refractivity contribution in [1.82, 2.24) is 19.8 Å². The van der Waals surface area contributed by atoms with E-state index in [4.69, 9.17) is 0 Å². The van der Waals surface area contributed by atoms with Crippen molar-refractivity contribution in [3.8, 4) is 5.69 Å². The quantitative estimate of drug-likeness (QED) is 0.486. The lowest BCUT2D eigenvalue weighted by molar-refractivity contribution is -0.384. The Morgan fingerprint density at radius 3 is 2.61 bits per heavy atom. The van der Waals surface area contributed by atoms with Gasteiger partial charge in [0.25, 0.3) is 11.6 Å². The summed E-state index contributed by atoms with van der Waals surface area (Å²) >= 11 is 0. The molecule has 0 saturated carbocycles. The SMILES string of the molecule is CN1CCN(c2ccccc2CNC(=O)c2ccc(-n3ccnc3)c([N+](=O)[O-])c2)CC1. The van der Waals surface area contributed by atoms with Crippen LogP contribution in [0.5, 0.6) is 0 Å². The molecule has 1 aromatic heterocycles. The summed E-state index contributed by atoms with van der Waals surface area (Å²) in [7, 11) is 2.11. The summed E-state index contributed by atoms with van der Waals surface area (Å²) < 4.78 is 1.55. The molecule has 1 fully saturated rings. The summed E-state index contributed by atoms with van der Waals surface area (Å²) in [6.07, 6.45) is 4.65. The summed E-state index contributed by atoms with van der Waals surface area (Å²) in [6, 6.07) is 12.5. The van der Waals surface area contributed by atoms with Gasteiger partial charge in [-0.1, -0.05) is 18.2 Å². The van der Waals surface area contributed by atoms with Crippen LogP contribution in [0.4, 0.5) is 11.4 Å². The van der Waals surface area contributed by atoms with Gasteiger partial charge in [0.1, 0.15) is 5.69 Å². The van der Waals surface area contributed by atoms with Gasteiger partial charge in [-0.05, 0) is 30.8 Å². The number of carbonyl (C=O) groups excluding carboxylic acids is 1. The summed E-state index contributed by atoms with van der Waals surface area (Å²) in [5.74, 6) is -0.353. The van der Waals surface area contributed by atoms with Crippen LogP contribution >= 0.6 is 0 Å². The van der Waals surface area contributed by atoms with Gasteiger partial charge in [0.2, 0.25) is 0 Å². The first-order valence-electron chi connectivity index (χ1n) is 10.1. The van der Waals surface area contributed by atoms with Gasteiger partial charge in [0.05, 0.1) is 11.3 Å². The first kappa shape index (κ1) is 20.5. The maximum Gasteiger partial charge on any atom is 0.294 e. The molecule has 0 unspecified atom stereocenters. The van der Waals surface area contributed by atoms with Crippen molar-refractivity contribution < 1.29 is 9.72 Å². The lowest BCUT2D eigenvalue weighted by Crippen LogP contribution is -2.45. The van der Waals surface area contributed by atoms with Gasteiger partial charge in [-0.15, -0.1) is 0 Å². The van der Waals surface area contributed by atoms with E-state index in [1.807, 2.05) is 18.2 Å². The molecule has 2 aromatic carbocycles. The highest BCUT2D eigenvalue weighted by atomic mass is 16.6. The van der Waals surface area contributed by atoms with E-state index in [0.29, 0.717) is 12.2 Å². The van der Waals surface area contributed by atoms with Crippen LogP contribution < -0.4 is 10.2 Å². The van der Waals surface area contributed by atoms with Gasteiger partial charge in [-0.2, -0.15) is 0 Å². The fraction of sp³-hybridized carbons (Fsp3) is 0.273. The van der Waals surface area contributed by atoms with Crippen LogP contribution in [0.25, 0.3) is 5.69 Å². The van der Waals surface area contributed by atoms with E-state index in [2.05, 4.69) is 33.2 Å². The molecule has 0 bridgehead atoms. The fourth-order valence-corrected chi connectivity index (χ4v) is 3.72. The van der Waals surface area contributed by atoms with Crippen molar-refractivity contribution in [2.45, 2.75) is 6.54 Å². The normalized spacial score (nSPS) is 14.4. The van der Waals surface area contributed by atoms with Crippen LogP contribution in [-0.2, 0) is 6.54 Å². The van der Waals surface area contributed by atoms with E-state index in [1.54, 1.807) is 29.1 Å². The maximum atomic E-state index is 12.7. The molecule has 160 valence electrons. The molecule has 9 nitrogen and oxygen atoms in total. The Bertz CT molecular complexity index is 1070. The second kappa shape index (κ2) is 8.97. The highest BCUT2D eigenvalue weighted by Gasteiger charge is 2.20. The van der Waals surface area contributed by atoms with Crippen LogP contribution in [0, 0.1) is 10.1 Å². The Morgan fingerprint density at radius 1 is 1.13 bits per heavy atom. The van der Waals surface area contributed by atoms with Gasteiger partial charge < -0.3 is 19.7 Å². The molecular formula is C22H24N6O3. The van der Waals surface area contributed by atoms with E-state index in [9.17, 15) is 14.9 Å². The number of nitro groups is 1. The Balaban J connectivity index is 1.50. The summed E-state index contributed by atoms with van der Waals surface area (Å²) in [4.78, 5) is 32.3. The number of amides is 1. The number of hydrogen-bond acceptors (Lipinski definition) is 6. The molecule has 1 amide bonds. The second-order valence-electron chi connectivity index (χ2n) is 7.53. The van der Waals surface area contributed by atoms with E-state index >= 15 is 0 Å². The molecule has 1 N–H and O–H groups in total. The minimum atomic E-state index is -0.491. The third-order valence-corrected chi connectivity index (χ3v) is 5.49. The molecular weight excluding hydrogens is 396 g/mol. The number of anilines is 1. The van der Waals surface area contributed by atoms with Crippen LogP contribution in [0.1, 0.15) is 15.9 Å². The number of benzene rings is 2. The topological polar surface area (TPSA) is 96.5 Å². The Hall–Kier alpha value is -3.72. The van der Waals surface area contributed by atoms with E-state index < -0.39 is 4.92 Å². The number of carbonyl (C=O) groups is 1. The number of aromatic nitrogens is 2. The molecule has 0 radical (unpaired) electrons. The van der Waals surface area contributed by atoms with Gasteiger partial charge in [0, 0.05) is 62.4 Å². The number of nitrogens with one attached hydrogen (secondary N) is 1. The highest BCUT2D eigenvalue weighted by Crippen LogP contribution is 2.25. The first-order chi connectivity index (χ1) is 15.0. The van der Waals surface area contributed by atoms with Gasteiger partial charge in [-0.25, -0.2) is 4.98 Å². The van der Waals surface area contributed by atoms with E-state index in [-0.39, 0.29) is 17.2 Å². The predicted octanol–water partition coefficient (Wildman–Crippen LogP) is 2.46. The summed E-state index contributed by atoms with van der Waals surface area (Å²) in [5.41, 5.74) is 2.58. The first-order valence-corrected chi connectivity index (χ1v) is 10.1. The van der Waals surface area contributed by atoms with Crippen molar-refractivity contribution >= 4 is 17.3 Å². The van der Waals surface area contributed by atoms with Crippen molar-refractivity contribution in [3.63, 3.8) is 0 Å². The number of imidazole rings is 1. The third-order valence-electron chi connectivity index (χ3n) is 5.49. The zero-order chi connectivity index (χ0) is 21.8. The molecule has 1 saturated heterocycles. The number of likely N-dealkylation sites (N-methyl/N-ethyl adjacent to an activating group) is 1. The minimum absolute atomic E-state index is 0.150. The molecule has 0 spiro atoms. The molecule has 2 heterocycles. The van der Waals surface area contributed by atoms with Crippen molar-refractivity contribution in [1.29, 1.82) is 0 Å². The number of nitro benzene ring substituents is 1. The molecule has 31 heavy (non-hydrogen) atoms. The standard InChI is InChI=1S/C22H24N6O3/c1-25-10-12-26(13-11-25)19-5-3-2-4-18(19)15-24-22(29)17-6-7-20(21(14-17)28(30)31)27-9-8-23-16-27/h2-9,14,16H,10-13,15H2,1H3,(H,24,29). The second-order valence-corrected chi connectivity index (χ2v) is 7.53. The largest absolute Gasteiger partial charge is 0.369 e. The van der Waals surface area contributed by atoms with E-state index in [1.165, 1.54) is 12.4 Å². The van der Waals surface area contributed by atoms with Crippen molar-refractivity contribution in [2.24, 2.45) is 0 Å². The molecule has 4 rings (SSSR count). The molecule has 1 aliphatic heterocycles. The molecule has 1 aliphatic rings. The van der Waals surface area contributed by atoms with Crippen LogP contribution in [0.3, 0.4) is 0 Å². The maximum absolute atomic E-state index is 12.7. The summed E-state index contributed by atoms with van der Waals surface area (Å²) in [6.45, 7) is 4.20. The molecule has 0 aliphatic carbocycles. The predicted molar refractivity (Wildman–Crippen MR) is 118 cm³/mol. The third kappa shape index (κ3) is 4.56. The van der Waals surface area contributed by atoms with Crippen LogP contribution in [-0.4, -0.2) is 58.5 Å². The smallest absolute Gasteiger partial charge is 0.294 e.